The molecule has 1 amide bonds. The Bertz CT molecular complexity index is 1280. The molecule has 2 saturated carbocycles. The normalized spacial score (nSPS) is 21.7. The molecule has 2 atom stereocenters. The number of hydrogen-bond acceptors (Lipinski definition) is 4. The van der Waals surface area contributed by atoms with Crippen molar-refractivity contribution >= 4 is 27.5 Å². The molecule has 0 saturated heterocycles. The second kappa shape index (κ2) is 7.55. The number of nitrogens with zero attached hydrogens (tertiary/aromatic N) is 3. The lowest BCUT2D eigenvalue weighted by Gasteiger charge is -2.18. The van der Waals surface area contributed by atoms with Crippen molar-refractivity contribution in [2.45, 2.75) is 50.6 Å². The maximum atomic E-state index is 12.7. The van der Waals surface area contributed by atoms with Crippen LogP contribution in [0.5, 0.6) is 0 Å². The molecule has 5 nitrogen and oxygen atoms in total. The van der Waals surface area contributed by atoms with Crippen LogP contribution in [0.15, 0.2) is 60.5 Å². The highest BCUT2D eigenvalue weighted by Crippen LogP contribution is 2.40. The SMILES string of the molecule is CC1(NC(=O)[C@H]2CCC(n3cncc3-c3ccc(-c4ccc5ncsc5c4)cc3)C2)CC1. The number of imidazole rings is 1. The number of carbonyl (C=O) groups excluding carboxylic acids is 1. The fraction of sp³-hybridized carbons (Fsp3) is 0.346. The van der Waals surface area contributed by atoms with Crippen LogP contribution in [0, 0.1) is 5.92 Å². The van der Waals surface area contributed by atoms with Crippen LogP contribution < -0.4 is 5.32 Å². The molecule has 1 N–H and O–H groups in total. The minimum absolute atomic E-state index is 0.0572. The molecule has 0 radical (unpaired) electrons. The van der Waals surface area contributed by atoms with E-state index in [0.717, 1.165) is 48.9 Å². The Morgan fingerprint density at radius 1 is 1.09 bits per heavy atom. The summed E-state index contributed by atoms with van der Waals surface area (Å²) in [7, 11) is 0. The van der Waals surface area contributed by atoms with Gasteiger partial charge in [0.1, 0.15) is 0 Å². The molecule has 0 aliphatic heterocycles. The highest BCUT2D eigenvalue weighted by Gasteiger charge is 2.41. The molecule has 0 spiro atoms. The Morgan fingerprint density at radius 2 is 1.88 bits per heavy atom. The van der Waals surface area contributed by atoms with Gasteiger partial charge in [0.2, 0.25) is 5.91 Å². The largest absolute Gasteiger partial charge is 0.351 e. The van der Waals surface area contributed by atoms with Gasteiger partial charge in [0, 0.05) is 17.5 Å². The molecule has 1 unspecified atom stereocenters. The van der Waals surface area contributed by atoms with Crippen LogP contribution in [-0.4, -0.2) is 26.0 Å². The summed E-state index contributed by atoms with van der Waals surface area (Å²) < 4.78 is 3.48. The number of fused-ring (bicyclic) bond motifs is 1. The van der Waals surface area contributed by atoms with E-state index >= 15 is 0 Å². The maximum Gasteiger partial charge on any atom is 0.223 e. The molecule has 2 heterocycles. The zero-order chi connectivity index (χ0) is 21.7. The van der Waals surface area contributed by atoms with Gasteiger partial charge >= 0.3 is 0 Å². The average molecular weight is 443 g/mol. The number of aromatic nitrogens is 3. The van der Waals surface area contributed by atoms with Crippen LogP contribution in [-0.2, 0) is 4.79 Å². The highest BCUT2D eigenvalue weighted by atomic mass is 32.1. The molecule has 2 aromatic heterocycles. The van der Waals surface area contributed by atoms with Crippen molar-refractivity contribution in [1.82, 2.24) is 19.9 Å². The summed E-state index contributed by atoms with van der Waals surface area (Å²) in [5, 5.41) is 3.25. The summed E-state index contributed by atoms with van der Waals surface area (Å²) in [6.07, 6.45) is 8.93. The monoisotopic (exact) mass is 442 g/mol. The second-order valence-electron chi connectivity index (χ2n) is 9.51. The minimum atomic E-state index is 0.0572. The summed E-state index contributed by atoms with van der Waals surface area (Å²) >= 11 is 1.67. The van der Waals surface area contributed by atoms with Crippen LogP contribution in [0.4, 0.5) is 0 Å². The fourth-order valence-corrected chi connectivity index (χ4v) is 5.56. The number of thiazole rings is 1. The molecule has 2 aromatic carbocycles. The Morgan fingerprint density at radius 3 is 2.69 bits per heavy atom. The molecule has 2 aliphatic carbocycles. The van der Waals surface area contributed by atoms with Crippen LogP contribution in [0.1, 0.15) is 45.1 Å². The highest BCUT2D eigenvalue weighted by molar-refractivity contribution is 7.16. The standard InChI is InChI=1S/C26H26N4OS/c1-26(10-11-26)29-25(31)20-6-8-21(12-20)30-15-27-14-23(30)18-4-2-17(3-5-18)19-7-9-22-24(13-19)32-16-28-22/h2-5,7,9,13-16,20-21H,6,8,10-12H2,1H3,(H,29,31)/t20-,21?/m0/s1. The van der Waals surface area contributed by atoms with Crippen LogP contribution in [0.25, 0.3) is 32.6 Å². The summed E-state index contributed by atoms with van der Waals surface area (Å²) in [5.41, 5.74) is 7.67. The number of amides is 1. The molecule has 2 fully saturated rings. The lowest BCUT2D eigenvalue weighted by molar-refractivity contribution is -0.125. The third-order valence-corrected chi connectivity index (χ3v) is 7.90. The lowest BCUT2D eigenvalue weighted by atomic mass is 10.0. The fourth-order valence-electron chi connectivity index (χ4n) is 4.85. The predicted octanol–water partition coefficient (Wildman–Crippen LogP) is 5.84. The van der Waals surface area contributed by atoms with Crippen LogP contribution in [0.3, 0.4) is 0 Å². The first-order valence-electron chi connectivity index (χ1n) is 11.4. The van der Waals surface area contributed by atoms with E-state index < -0.39 is 0 Å². The number of rotatable bonds is 5. The van der Waals surface area contributed by atoms with E-state index in [-0.39, 0.29) is 17.4 Å². The summed E-state index contributed by atoms with van der Waals surface area (Å²) in [6, 6.07) is 15.4. The van der Waals surface area contributed by atoms with Gasteiger partial charge < -0.3 is 9.88 Å². The molecule has 0 bridgehead atoms. The van der Waals surface area contributed by atoms with Gasteiger partial charge in [-0.3, -0.25) is 4.79 Å². The summed E-state index contributed by atoms with van der Waals surface area (Å²) in [6.45, 7) is 2.14. The van der Waals surface area contributed by atoms with Crippen molar-refractivity contribution in [3.8, 4) is 22.4 Å². The zero-order valence-corrected chi connectivity index (χ0v) is 18.9. The zero-order valence-electron chi connectivity index (χ0n) is 18.1. The van der Waals surface area contributed by atoms with Crippen molar-refractivity contribution in [3.05, 3.63) is 60.5 Å². The van der Waals surface area contributed by atoms with Crippen molar-refractivity contribution in [3.63, 3.8) is 0 Å². The molecule has 6 heteroatoms. The minimum Gasteiger partial charge on any atom is -0.351 e. The van der Waals surface area contributed by atoms with Crippen molar-refractivity contribution in [2.75, 3.05) is 0 Å². The maximum absolute atomic E-state index is 12.7. The number of nitrogens with one attached hydrogen (secondary N) is 1. The Labute approximate surface area is 191 Å². The Hall–Kier alpha value is -2.99. The van der Waals surface area contributed by atoms with Gasteiger partial charge in [0.15, 0.2) is 0 Å². The topological polar surface area (TPSA) is 59.8 Å². The van der Waals surface area contributed by atoms with E-state index in [2.05, 4.69) is 69.2 Å². The second-order valence-corrected chi connectivity index (χ2v) is 10.4. The number of carbonyl (C=O) groups is 1. The molecule has 32 heavy (non-hydrogen) atoms. The molecule has 6 rings (SSSR count). The van der Waals surface area contributed by atoms with Gasteiger partial charge in [-0.25, -0.2) is 9.97 Å². The van der Waals surface area contributed by atoms with Gasteiger partial charge in [-0.2, -0.15) is 0 Å². The van der Waals surface area contributed by atoms with E-state index in [9.17, 15) is 4.79 Å². The average Bonchev–Trinajstić information content (AvgIpc) is 3.28. The van der Waals surface area contributed by atoms with Crippen LogP contribution >= 0.6 is 11.3 Å². The predicted molar refractivity (Wildman–Crippen MR) is 128 cm³/mol. The van der Waals surface area contributed by atoms with Gasteiger partial charge in [0.25, 0.3) is 0 Å². The molecular weight excluding hydrogens is 416 g/mol. The quantitative estimate of drug-likeness (QED) is 0.423. The van der Waals surface area contributed by atoms with Crippen LogP contribution in [0.2, 0.25) is 0 Å². The van der Waals surface area contributed by atoms with E-state index in [0.29, 0.717) is 6.04 Å². The van der Waals surface area contributed by atoms with Gasteiger partial charge in [-0.05, 0) is 67.9 Å². The first kappa shape index (κ1) is 19.7. The smallest absolute Gasteiger partial charge is 0.223 e. The van der Waals surface area contributed by atoms with Gasteiger partial charge in [-0.15, -0.1) is 11.3 Å². The number of benzene rings is 2. The Balaban J connectivity index is 1.20. The lowest BCUT2D eigenvalue weighted by Crippen LogP contribution is -2.38. The molecule has 2 aliphatic rings. The third-order valence-electron chi connectivity index (χ3n) is 7.11. The Kier molecular flexibility index (Phi) is 4.65. The molecular formula is C26H26N4OS. The third kappa shape index (κ3) is 3.62. The first-order chi connectivity index (χ1) is 15.6. The first-order valence-corrected chi connectivity index (χ1v) is 12.2. The van der Waals surface area contributed by atoms with Crippen molar-refractivity contribution < 1.29 is 4.79 Å². The van der Waals surface area contributed by atoms with E-state index in [4.69, 9.17) is 0 Å². The van der Waals surface area contributed by atoms with Gasteiger partial charge in [0.05, 0.1) is 33.9 Å². The van der Waals surface area contributed by atoms with E-state index in [1.165, 1.54) is 15.8 Å². The number of hydrogen-bond donors (Lipinski definition) is 1. The molecule has 162 valence electrons. The van der Waals surface area contributed by atoms with Gasteiger partial charge in [-0.1, -0.05) is 30.3 Å². The van der Waals surface area contributed by atoms with E-state index in [1.54, 1.807) is 11.3 Å². The molecule has 4 aromatic rings. The van der Waals surface area contributed by atoms with Crippen molar-refractivity contribution in [2.24, 2.45) is 5.92 Å². The van der Waals surface area contributed by atoms with E-state index in [1.807, 2.05) is 18.0 Å². The summed E-state index contributed by atoms with van der Waals surface area (Å²) in [5.74, 6) is 0.341. The van der Waals surface area contributed by atoms with Crippen molar-refractivity contribution in [1.29, 1.82) is 0 Å². The summed E-state index contributed by atoms with van der Waals surface area (Å²) in [4.78, 5) is 21.5.